The van der Waals surface area contributed by atoms with Crippen molar-refractivity contribution < 1.29 is 13.2 Å². The summed E-state index contributed by atoms with van der Waals surface area (Å²) in [7, 11) is 0. The summed E-state index contributed by atoms with van der Waals surface area (Å²) < 4.78 is 38.3. The number of rotatable bonds is 5. The quantitative estimate of drug-likeness (QED) is 0.477. The van der Waals surface area contributed by atoms with Crippen molar-refractivity contribution in [3.63, 3.8) is 0 Å². The van der Waals surface area contributed by atoms with Crippen LogP contribution in [-0.2, 0) is 19.3 Å². The van der Waals surface area contributed by atoms with Gasteiger partial charge in [-0.3, -0.25) is 9.98 Å². The lowest BCUT2D eigenvalue weighted by molar-refractivity contribution is -0.0922. The third kappa shape index (κ3) is 4.35. The lowest BCUT2D eigenvalue weighted by Crippen LogP contribution is -2.09. The number of pyridine rings is 1. The lowest BCUT2D eigenvalue weighted by Gasteiger charge is -2.13. The van der Waals surface area contributed by atoms with Crippen LogP contribution in [0.1, 0.15) is 30.2 Å². The van der Waals surface area contributed by atoms with Crippen molar-refractivity contribution in [1.82, 2.24) is 4.98 Å². The average Bonchev–Trinajstić information content (AvgIpc) is 3.10. The van der Waals surface area contributed by atoms with Gasteiger partial charge in [-0.25, -0.2) is 0 Å². The summed E-state index contributed by atoms with van der Waals surface area (Å²) >= 11 is 0. The molecule has 1 aliphatic carbocycles. The molecule has 0 aliphatic heterocycles. The van der Waals surface area contributed by atoms with Crippen LogP contribution in [0.5, 0.6) is 0 Å². The van der Waals surface area contributed by atoms with Gasteiger partial charge < -0.3 is 0 Å². The highest BCUT2D eigenvalue weighted by Gasteiger charge is 2.32. The van der Waals surface area contributed by atoms with Crippen LogP contribution >= 0.6 is 0 Å². The number of nitrogens with zero attached hydrogens (tertiary/aromatic N) is 2. The lowest BCUT2D eigenvalue weighted by atomic mass is 9.94. The van der Waals surface area contributed by atoms with Crippen molar-refractivity contribution in [1.29, 1.82) is 0 Å². The number of fused-ring (bicyclic) bond motifs is 1. The van der Waals surface area contributed by atoms with Crippen LogP contribution in [0.4, 0.5) is 13.2 Å². The van der Waals surface area contributed by atoms with Crippen LogP contribution in [-0.4, -0.2) is 17.9 Å². The summed E-state index contributed by atoms with van der Waals surface area (Å²) in [6.07, 6.45) is 3.39. The number of benzene rings is 1. The summed E-state index contributed by atoms with van der Waals surface area (Å²) in [5.41, 5.74) is 5.61. The van der Waals surface area contributed by atoms with E-state index in [-0.39, 0.29) is 0 Å². The minimum atomic E-state index is -4.50. The number of aryl methyl sites for hydroxylation is 1. The molecule has 0 fully saturated rings. The maximum Gasteiger partial charge on any atom is 0.433 e. The van der Waals surface area contributed by atoms with Gasteiger partial charge in [-0.2, -0.15) is 13.2 Å². The molecule has 0 amide bonds. The number of hydrogen-bond donors (Lipinski definition) is 0. The second-order valence-corrected chi connectivity index (χ2v) is 6.69. The smallest absolute Gasteiger partial charge is 0.260 e. The Morgan fingerprint density at radius 3 is 2.67 bits per heavy atom. The van der Waals surface area contributed by atoms with Gasteiger partial charge in [0.25, 0.3) is 0 Å². The fraction of sp³-hybridized carbons (Fsp3) is 0.273. The van der Waals surface area contributed by atoms with Crippen molar-refractivity contribution in [3.05, 3.63) is 76.8 Å². The summed E-state index contributed by atoms with van der Waals surface area (Å²) in [5, 5.41) is 0. The Hall–Kier alpha value is -2.69. The average molecular weight is 370 g/mol. The molecule has 140 valence electrons. The summed E-state index contributed by atoms with van der Waals surface area (Å²) in [6.45, 7) is 4.79. The number of allylic oxidation sites excluding steroid dienone is 4. The van der Waals surface area contributed by atoms with Gasteiger partial charge in [0.1, 0.15) is 5.70 Å². The van der Waals surface area contributed by atoms with Crippen molar-refractivity contribution in [2.75, 3.05) is 0 Å². The minimum absolute atomic E-state index is 0.471. The van der Waals surface area contributed by atoms with Crippen molar-refractivity contribution in [2.45, 2.75) is 38.8 Å². The number of halogens is 3. The zero-order valence-electron chi connectivity index (χ0n) is 15.2. The number of hydrogen-bond acceptors (Lipinski definition) is 2. The van der Waals surface area contributed by atoms with E-state index in [1.807, 2.05) is 12.1 Å². The van der Waals surface area contributed by atoms with Crippen molar-refractivity contribution in [3.8, 4) is 11.1 Å². The first-order chi connectivity index (χ1) is 12.9. The Kier molecular flexibility index (Phi) is 5.59. The van der Waals surface area contributed by atoms with Gasteiger partial charge in [0, 0.05) is 18.2 Å². The molecule has 1 heterocycles. The fourth-order valence-corrected chi connectivity index (χ4v) is 3.48. The van der Waals surface area contributed by atoms with Gasteiger partial charge in [-0.05, 0) is 61.7 Å². The molecular weight excluding hydrogens is 349 g/mol. The minimum Gasteiger partial charge on any atom is -0.260 e. The number of aliphatic imine (C=N–C) groups is 1. The maximum atomic E-state index is 12.8. The Morgan fingerprint density at radius 1 is 1.15 bits per heavy atom. The molecule has 0 N–H and O–H groups in total. The van der Waals surface area contributed by atoms with E-state index in [2.05, 4.69) is 34.9 Å². The molecule has 27 heavy (non-hydrogen) atoms. The van der Waals surface area contributed by atoms with Crippen LogP contribution in [0, 0.1) is 0 Å². The Bertz CT molecular complexity index is 908. The molecule has 0 unspecified atom stereocenters. The molecule has 0 atom stereocenters. The van der Waals surface area contributed by atoms with E-state index in [0.29, 0.717) is 6.42 Å². The molecule has 1 aliphatic rings. The monoisotopic (exact) mass is 370 g/mol. The van der Waals surface area contributed by atoms with Gasteiger partial charge in [0.15, 0.2) is 0 Å². The SMILES string of the molecule is C=N/C(=C\C=C(/C)Cc1ncccc1-c1cccc2c1CCC2)C(F)(F)F. The molecule has 2 nitrogen and oxygen atoms in total. The first kappa shape index (κ1) is 19.1. The summed E-state index contributed by atoms with van der Waals surface area (Å²) in [6, 6.07) is 10.3. The molecule has 1 aromatic carbocycles. The highest BCUT2D eigenvalue weighted by atomic mass is 19.4. The second-order valence-electron chi connectivity index (χ2n) is 6.69. The maximum absolute atomic E-state index is 12.8. The van der Waals surface area contributed by atoms with E-state index in [0.717, 1.165) is 42.2 Å². The molecular formula is C22H21F3N2. The Morgan fingerprint density at radius 2 is 1.93 bits per heavy atom. The predicted molar refractivity (Wildman–Crippen MR) is 103 cm³/mol. The van der Waals surface area contributed by atoms with Crippen LogP contribution in [0.2, 0.25) is 0 Å². The normalized spacial score (nSPS) is 15.0. The molecule has 0 saturated heterocycles. The molecule has 2 aromatic rings. The Labute approximate surface area is 157 Å². The topological polar surface area (TPSA) is 25.2 Å². The molecule has 0 radical (unpaired) electrons. The zero-order chi connectivity index (χ0) is 19.4. The van der Waals surface area contributed by atoms with Gasteiger partial charge in [0.2, 0.25) is 0 Å². The van der Waals surface area contributed by atoms with Crippen LogP contribution in [0.15, 0.2) is 64.9 Å². The molecule has 0 spiro atoms. The Balaban J connectivity index is 1.92. The van der Waals surface area contributed by atoms with E-state index >= 15 is 0 Å². The first-order valence-corrected chi connectivity index (χ1v) is 8.86. The van der Waals surface area contributed by atoms with Crippen molar-refractivity contribution in [2.24, 2.45) is 4.99 Å². The van der Waals surface area contributed by atoms with Crippen molar-refractivity contribution >= 4 is 6.72 Å². The van der Waals surface area contributed by atoms with Crippen LogP contribution in [0.25, 0.3) is 11.1 Å². The van der Waals surface area contributed by atoms with Gasteiger partial charge in [-0.1, -0.05) is 35.9 Å². The van der Waals surface area contributed by atoms with E-state index in [4.69, 9.17) is 0 Å². The summed E-state index contributed by atoms with van der Waals surface area (Å²) in [4.78, 5) is 7.57. The molecule has 1 aromatic heterocycles. The fourth-order valence-electron chi connectivity index (χ4n) is 3.48. The van der Waals surface area contributed by atoms with Gasteiger partial charge >= 0.3 is 6.18 Å². The third-order valence-corrected chi connectivity index (χ3v) is 4.76. The first-order valence-electron chi connectivity index (χ1n) is 8.86. The predicted octanol–water partition coefficient (Wildman–Crippen LogP) is 5.87. The van der Waals surface area contributed by atoms with Gasteiger partial charge in [0.05, 0.1) is 5.69 Å². The zero-order valence-corrected chi connectivity index (χ0v) is 15.2. The summed E-state index contributed by atoms with van der Waals surface area (Å²) in [5.74, 6) is 0. The van der Waals surface area contributed by atoms with E-state index in [1.54, 1.807) is 13.1 Å². The third-order valence-electron chi connectivity index (χ3n) is 4.76. The molecule has 5 heteroatoms. The largest absolute Gasteiger partial charge is 0.433 e. The standard InChI is InChI=1S/C22H21F3N2/c1-15(11-12-21(26-2)22(23,24)25)14-20-19(10-5-13-27-20)18-9-4-7-16-6-3-8-17(16)18/h4-5,7,9-13H,2-3,6,8,14H2,1H3/b15-11+,21-12-. The molecule has 0 saturated carbocycles. The molecule has 3 rings (SSSR count). The van der Waals surface area contributed by atoms with E-state index in [9.17, 15) is 13.2 Å². The van der Waals surface area contributed by atoms with E-state index in [1.165, 1.54) is 22.8 Å². The van der Waals surface area contributed by atoms with E-state index < -0.39 is 11.9 Å². The molecule has 0 bridgehead atoms. The number of aromatic nitrogens is 1. The van der Waals surface area contributed by atoms with Crippen LogP contribution < -0.4 is 0 Å². The number of alkyl halides is 3. The highest BCUT2D eigenvalue weighted by molar-refractivity contribution is 5.71. The second kappa shape index (κ2) is 7.91. The highest BCUT2D eigenvalue weighted by Crippen LogP contribution is 2.34. The van der Waals surface area contributed by atoms with Gasteiger partial charge in [-0.15, -0.1) is 0 Å². The van der Waals surface area contributed by atoms with Crippen LogP contribution in [0.3, 0.4) is 0 Å².